The normalized spacial score (nSPS) is 11.7. The summed E-state index contributed by atoms with van der Waals surface area (Å²) in [6.07, 6.45) is -4.64. The third-order valence-electron chi connectivity index (χ3n) is 3.20. The molecule has 0 saturated carbocycles. The van der Waals surface area contributed by atoms with Crippen molar-refractivity contribution in [1.82, 2.24) is 9.97 Å². The first-order valence-electron chi connectivity index (χ1n) is 6.58. The molecular formula is C15H8F5N3O. The van der Waals surface area contributed by atoms with Crippen LogP contribution in [0.25, 0.3) is 11.0 Å². The smallest absolute Gasteiger partial charge is 0.334 e. The molecular weight excluding hydrogens is 333 g/mol. The van der Waals surface area contributed by atoms with E-state index in [2.05, 4.69) is 15.3 Å². The zero-order valence-corrected chi connectivity index (χ0v) is 11.7. The van der Waals surface area contributed by atoms with E-state index in [9.17, 15) is 26.7 Å². The maximum absolute atomic E-state index is 13.5. The molecule has 3 rings (SSSR count). The van der Waals surface area contributed by atoms with E-state index in [1.54, 1.807) is 0 Å². The summed E-state index contributed by atoms with van der Waals surface area (Å²) in [5.41, 5.74) is -0.655. The van der Waals surface area contributed by atoms with E-state index >= 15 is 0 Å². The van der Waals surface area contributed by atoms with Gasteiger partial charge in [-0.15, -0.1) is 0 Å². The van der Waals surface area contributed by atoms with Crippen molar-refractivity contribution in [1.29, 1.82) is 0 Å². The lowest BCUT2D eigenvalue weighted by molar-refractivity contribution is -0.144. The Balaban J connectivity index is 1.91. The number of benzene rings is 2. The van der Waals surface area contributed by atoms with Gasteiger partial charge in [0.25, 0.3) is 5.91 Å². The number of anilines is 1. The zero-order valence-electron chi connectivity index (χ0n) is 11.7. The number of halogens is 5. The minimum Gasteiger partial charge on any atom is -0.334 e. The monoisotopic (exact) mass is 341 g/mol. The van der Waals surface area contributed by atoms with Crippen molar-refractivity contribution in [2.24, 2.45) is 0 Å². The highest BCUT2D eigenvalue weighted by molar-refractivity contribution is 6.05. The third-order valence-corrected chi connectivity index (χ3v) is 3.20. The number of carbonyl (C=O) groups is 1. The Hall–Kier alpha value is -2.97. The van der Waals surface area contributed by atoms with E-state index in [4.69, 9.17) is 0 Å². The number of nitrogens with zero attached hydrogens (tertiary/aromatic N) is 1. The summed E-state index contributed by atoms with van der Waals surface area (Å²) in [5.74, 6) is -4.33. The molecule has 124 valence electrons. The van der Waals surface area contributed by atoms with Crippen molar-refractivity contribution in [3.63, 3.8) is 0 Å². The molecule has 4 nitrogen and oxygen atoms in total. The quantitative estimate of drug-likeness (QED) is 0.689. The highest BCUT2D eigenvalue weighted by atomic mass is 19.4. The summed E-state index contributed by atoms with van der Waals surface area (Å²) in [7, 11) is 0. The lowest BCUT2D eigenvalue weighted by Crippen LogP contribution is -2.15. The standard InChI is InChI=1S/C15H8F5N3O/c16-8-2-1-3-9(17)12(8)13(24)21-7-4-5-10-11(6-7)23-14(22-10)15(18,19)20/h1-6H,(H,21,24)(H,22,23). The van der Waals surface area contributed by atoms with Crippen LogP contribution in [0.3, 0.4) is 0 Å². The first-order valence-corrected chi connectivity index (χ1v) is 6.58. The van der Waals surface area contributed by atoms with Crippen molar-refractivity contribution in [2.45, 2.75) is 6.18 Å². The first-order chi connectivity index (χ1) is 11.3. The van der Waals surface area contributed by atoms with Gasteiger partial charge in [0.1, 0.15) is 17.2 Å². The number of carbonyl (C=O) groups excluding carboxylic acids is 1. The van der Waals surface area contributed by atoms with Gasteiger partial charge in [-0.3, -0.25) is 4.79 Å². The molecule has 0 saturated heterocycles. The highest BCUT2D eigenvalue weighted by Crippen LogP contribution is 2.29. The molecule has 0 aliphatic carbocycles. The largest absolute Gasteiger partial charge is 0.449 e. The van der Waals surface area contributed by atoms with Gasteiger partial charge in [-0.2, -0.15) is 13.2 Å². The van der Waals surface area contributed by atoms with E-state index in [-0.39, 0.29) is 16.7 Å². The summed E-state index contributed by atoms with van der Waals surface area (Å²) in [5, 5.41) is 2.23. The second kappa shape index (κ2) is 5.59. The molecule has 1 aromatic heterocycles. The number of fused-ring (bicyclic) bond motifs is 1. The average molecular weight is 341 g/mol. The SMILES string of the molecule is O=C(Nc1ccc2nc(C(F)(F)F)[nH]c2c1)c1c(F)cccc1F. The fraction of sp³-hybridized carbons (Fsp3) is 0.0667. The topological polar surface area (TPSA) is 57.8 Å². The van der Waals surface area contributed by atoms with Crippen LogP contribution in [0.1, 0.15) is 16.2 Å². The van der Waals surface area contributed by atoms with E-state index in [0.717, 1.165) is 18.2 Å². The third kappa shape index (κ3) is 2.92. The van der Waals surface area contributed by atoms with Gasteiger partial charge in [-0.05, 0) is 30.3 Å². The van der Waals surface area contributed by atoms with Crippen LogP contribution < -0.4 is 5.32 Å². The molecule has 2 aromatic carbocycles. The Morgan fingerprint density at radius 3 is 2.38 bits per heavy atom. The van der Waals surface area contributed by atoms with E-state index in [1.165, 1.54) is 18.2 Å². The Morgan fingerprint density at radius 2 is 1.75 bits per heavy atom. The van der Waals surface area contributed by atoms with Gasteiger partial charge in [0, 0.05) is 5.69 Å². The van der Waals surface area contributed by atoms with Crippen molar-refractivity contribution in [3.05, 3.63) is 59.4 Å². The average Bonchev–Trinajstić information content (AvgIpc) is 2.90. The fourth-order valence-electron chi connectivity index (χ4n) is 2.13. The van der Waals surface area contributed by atoms with Gasteiger partial charge in [-0.1, -0.05) is 6.07 Å². The van der Waals surface area contributed by atoms with Crippen LogP contribution in [0.15, 0.2) is 36.4 Å². The predicted octanol–water partition coefficient (Wildman–Crippen LogP) is 4.11. The molecule has 0 radical (unpaired) electrons. The van der Waals surface area contributed by atoms with Gasteiger partial charge in [-0.25, -0.2) is 13.8 Å². The molecule has 0 atom stereocenters. The maximum atomic E-state index is 13.5. The van der Waals surface area contributed by atoms with Gasteiger partial charge >= 0.3 is 6.18 Å². The number of H-pyrrole nitrogens is 1. The number of rotatable bonds is 2. The van der Waals surface area contributed by atoms with E-state index in [1.807, 2.05) is 0 Å². The summed E-state index contributed by atoms with van der Waals surface area (Å²) >= 11 is 0. The number of aromatic amines is 1. The van der Waals surface area contributed by atoms with Crippen molar-refractivity contribution in [2.75, 3.05) is 5.32 Å². The van der Waals surface area contributed by atoms with Gasteiger partial charge in [0.05, 0.1) is 11.0 Å². The minimum absolute atomic E-state index is 0.0223. The lowest BCUT2D eigenvalue weighted by Gasteiger charge is -2.07. The number of nitrogens with one attached hydrogen (secondary N) is 2. The molecule has 0 fully saturated rings. The second-order valence-corrected chi connectivity index (χ2v) is 4.87. The van der Waals surface area contributed by atoms with Crippen LogP contribution >= 0.6 is 0 Å². The van der Waals surface area contributed by atoms with Gasteiger partial charge < -0.3 is 10.3 Å². The Kier molecular flexibility index (Phi) is 3.70. The predicted molar refractivity (Wildman–Crippen MR) is 75.4 cm³/mol. The minimum atomic E-state index is -4.64. The van der Waals surface area contributed by atoms with Crippen LogP contribution in [0.2, 0.25) is 0 Å². The van der Waals surface area contributed by atoms with Crippen LogP contribution in [-0.4, -0.2) is 15.9 Å². The van der Waals surface area contributed by atoms with Crippen LogP contribution in [0.5, 0.6) is 0 Å². The highest BCUT2D eigenvalue weighted by Gasteiger charge is 2.34. The molecule has 0 spiro atoms. The van der Waals surface area contributed by atoms with Gasteiger partial charge in [0.2, 0.25) is 5.82 Å². The molecule has 2 N–H and O–H groups in total. The molecule has 9 heteroatoms. The molecule has 0 unspecified atom stereocenters. The Bertz CT molecular complexity index is 912. The van der Waals surface area contributed by atoms with Crippen LogP contribution in [-0.2, 0) is 6.18 Å². The van der Waals surface area contributed by atoms with Crippen LogP contribution in [0.4, 0.5) is 27.6 Å². The van der Waals surface area contributed by atoms with Crippen molar-refractivity contribution < 1.29 is 26.7 Å². The Morgan fingerprint density at radius 1 is 1.08 bits per heavy atom. The summed E-state index contributed by atoms with van der Waals surface area (Å²) in [6, 6.07) is 6.66. The van der Waals surface area contributed by atoms with Crippen LogP contribution in [0, 0.1) is 11.6 Å². The second-order valence-electron chi connectivity index (χ2n) is 4.87. The fourth-order valence-corrected chi connectivity index (χ4v) is 2.13. The maximum Gasteiger partial charge on any atom is 0.449 e. The summed E-state index contributed by atoms with van der Waals surface area (Å²) in [6.45, 7) is 0. The molecule has 3 aromatic rings. The zero-order chi connectivity index (χ0) is 17.5. The number of hydrogen-bond donors (Lipinski definition) is 2. The van der Waals surface area contributed by atoms with Crippen molar-refractivity contribution in [3.8, 4) is 0 Å². The summed E-state index contributed by atoms with van der Waals surface area (Å²) in [4.78, 5) is 17.4. The number of imidazole rings is 1. The van der Waals surface area contributed by atoms with E-state index < -0.39 is 35.1 Å². The number of hydrogen-bond acceptors (Lipinski definition) is 2. The molecule has 24 heavy (non-hydrogen) atoms. The van der Waals surface area contributed by atoms with E-state index in [0.29, 0.717) is 0 Å². The molecule has 0 bridgehead atoms. The van der Waals surface area contributed by atoms with Crippen molar-refractivity contribution >= 4 is 22.6 Å². The Labute approximate surface area is 131 Å². The lowest BCUT2D eigenvalue weighted by atomic mass is 10.1. The number of aromatic nitrogens is 2. The number of alkyl halides is 3. The first kappa shape index (κ1) is 15.9. The summed E-state index contributed by atoms with van der Waals surface area (Å²) < 4.78 is 64.9. The molecule has 0 aliphatic heterocycles. The number of amides is 1. The molecule has 1 heterocycles. The molecule has 0 aliphatic rings. The van der Waals surface area contributed by atoms with Gasteiger partial charge in [0.15, 0.2) is 0 Å². The molecule has 1 amide bonds.